The zero-order chi connectivity index (χ0) is 21.2. The van der Waals surface area contributed by atoms with E-state index in [1.807, 2.05) is 0 Å². The molecule has 1 fully saturated rings. The van der Waals surface area contributed by atoms with Crippen molar-refractivity contribution in [3.8, 4) is 0 Å². The number of amides is 2. The number of amidine groups is 1. The Morgan fingerprint density at radius 3 is 2.24 bits per heavy atom. The molecule has 0 aromatic heterocycles. The van der Waals surface area contributed by atoms with Crippen molar-refractivity contribution in [2.75, 3.05) is 6.54 Å². The SMILES string of the molecule is CC(C)(C)C1CCC(NC(=O)C2=CCN=C2NC(=O)c2c(F)cccc2F)CC1. The third-order valence-corrected chi connectivity index (χ3v) is 5.75. The summed E-state index contributed by atoms with van der Waals surface area (Å²) in [5.41, 5.74) is -0.204. The number of aliphatic imine (C=N–C) groups is 1. The second-order valence-electron chi connectivity index (χ2n) is 8.75. The molecule has 156 valence electrons. The lowest BCUT2D eigenvalue weighted by Gasteiger charge is -2.37. The molecule has 1 aliphatic carbocycles. The van der Waals surface area contributed by atoms with Crippen molar-refractivity contribution in [2.24, 2.45) is 16.3 Å². The molecular formula is C22H27F2N3O2. The highest BCUT2D eigenvalue weighted by Crippen LogP contribution is 2.37. The molecule has 1 heterocycles. The third kappa shape index (κ3) is 4.89. The molecule has 29 heavy (non-hydrogen) atoms. The van der Waals surface area contributed by atoms with Gasteiger partial charge >= 0.3 is 0 Å². The van der Waals surface area contributed by atoms with Crippen molar-refractivity contribution in [2.45, 2.75) is 52.5 Å². The smallest absolute Gasteiger partial charge is 0.262 e. The van der Waals surface area contributed by atoms with Gasteiger partial charge in [0.25, 0.3) is 11.8 Å². The summed E-state index contributed by atoms with van der Waals surface area (Å²) in [7, 11) is 0. The fraction of sp³-hybridized carbons (Fsp3) is 0.500. The van der Waals surface area contributed by atoms with E-state index in [-0.39, 0.29) is 35.3 Å². The second-order valence-corrected chi connectivity index (χ2v) is 8.75. The molecule has 3 rings (SSSR count). The van der Waals surface area contributed by atoms with E-state index >= 15 is 0 Å². The van der Waals surface area contributed by atoms with Crippen LogP contribution in [0.4, 0.5) is 8.78 Å². The van der Waals surface area contributed by atoms with E-state index in [9.17, 15) is 18.4 Å². The van der Waals surface area contributed by atoms with Crippen molar-refractivity contribution in [3.63, 3.8) is 0 Å². The van der Waals surface area contributed by atoms with E-state index < -0.39 is 23.1 Å². The maximum Gasteiger partial charge on any atom is 0.262 e. The Bertz CT molecular complexity index is 843. The van der Waals surface area contributed by atoms with E-state index in [1.165, 1.54) is 6.07 Å². The number of carbonyl (C=O) groups excluding carboxylic acids is 2. The summed E-state index contributed by atoms with van der Waals surface area (Å²) in [5, 5.41) is 5.39. The molecule has 1 saturated carbocycles. The van der Waals surface area contributed by atoms with Crippen molar-refractivity contribution in [3.05, 3.63) is 47.0 Å². The summed E-state index contributed by atoms with van der Waals surface area (Å²) in [6.07, 6.45) is 5.51. The predicted molar refractivity (Wildman–Crippen MR) is 108 cm³/mol. The Morgan fingerprint density at radius 1 is 1.03 bits per heavy atom. The molecule has 5 nitrogen and oxygen atoms in total. The summed E-state index contributed by atoms with van der Waals surface area (Å²) in [6, 6.07) is 3.27. The van der Waals surface area contributed by atoms with Gasteiger partial charge < -0.3 is 10.6 Å². The van der Waals surface area contributed by atoms with E-state index in [2.05, 4.69) is 36.4 Å². The van der Waals surface area contributed by atoms with Crippen LogP contribution >= 0.6 is 0 Å². The molecule has 1 aromatic carbocycles. The van der Waals surface area contributed by atoms with Gasteiger partial charge in [0.05, 0.1) is 12.1 Å². The molecule has 1 aliphatic heterocycles. The van der Waals surface area contributed by atoms with Gasteiger partial charge in [0.1, 0.15) is 23.0 Å². The van der Waals surface area contributed by atoms with Crippen LogP contribution in [0.2, 0.25) is 0 Å². The number of carbonyl (C=O) groups is 2. The number of nitrogens with zero attached hydrogens (tertiary/aromatic N) is 1. The first-order valence-electron chi connectivity index (χ1n) is 9.98. The molecule has 0 spiro atoms. The van der Waals surface area contributed by atoms with Crippen LogP contribution in [0.15, 0.2) is 34.8 Å². The van der Waals surface area contributed by atoms with E-state index in [0.29, 0.717) is 5.92 Å². The highest BCUT2D eigenvalue weighted by atomic mass is 19.1. The van der Waals surface area contributed by atoms with Gasteiger partial charge in [-0.3, -0.25) is 14.6 Å². The van der Waals surface area contributed by atoms with Crippen LogP contribution in [-0.4, -0.2) is 30.2 Å². The van der Waals surface area contributed by atoms with Crippen LogP contribution in [0.1, 0.15) is 56.8 Å². The van der Waals surface area contributed by atoms with Crippen LogP contribution in [0, 0.1) is 23.0 Å². The molecule has 0 radical (unpaired) electrons. The number of halogens is 2. The van der Waals surface area contributed by atoms with Gasteiger partial charge in [0, 0.05) is 6.04 Å². The lowest BCUT2D eigenvalue weighted by molar-refractivity contribution is -0.118. The molecule has 7 heteroatoms. The molecule has 1 aromatic rings. The van der Waals surface area contributed by atoms with E-state index in [0.717, 1.165) is 37.8 Å². The average Bonchev–Trinajstić information content (AvgIpc) is 3.09. The average molecular weight is 403 g/mol. The number of nitrogens with one attached hydrogen (secondary N) is 2. The van der Waals surface area contributed by atoms with Crippen LogP contribution in [-0.2, 0) is 4.79 Å². The van der Waals surface area contributed by atoms with Gasteiger partial charge in [-0.15, -0.1) is 0 Å². The normalized spacial score (nSPS) is 22.0. The number of benzene rings is 1. The summed E-state index contributed by atoms with van der Waals surface area (Å²) in [4.78, 5) is 29.1. The molecule has 2 N–H and O–H groups in total. The fourth-order valence-electron chi connectivity index (χ4n) is 3.97. The van der Waals surface area contributed by atoms with Gasteiger partial charge in [-0.1, -0.05) is 26.8 Å². The molecular weight excluding hydrogens is 376 g/mol. The monoisotopic (exact) mass is 403 g/mol. The van der Waals surface area contributed by atoms with Crippen LogP contribution in [0.25, 0.3) is 0 Å². The molecule has 2 amide bonds. The minimum absolute atomic E-state index is 0.0403. The van der Waals surface area contributed by atoms with E-state index in [1.54, 1.807) is 6.08 Å². The molecule has 0 atom stereocenters. The molecule has 2 aliphatic rings. The lowest BCUT2D eigenvalue weighted by atomic mass is 9.71. The van der Waals surface area contributed by atoms with Gasteiger partial charge in [-0.2, -0.15) is 0 Å². The quantitative estimate of drug-likeness (QED) is 0.807. The topological polar surface area (TPSA) is 70.6 Å². The van der Waals surface area contributed by atoms with Crippen LogP contribution in [0.3, 0.4) is 0 Å². The lowest BCUT2D eigenvalue weighted by Crippen LogP contribution is -2.43. The highest BCUT2D eigenvalue weighted by molar-refractivity contribution is 6.26. The Balaban J connectivity index is 1.60. The van der Waals surface area contributed by atoms with Crippen LogP contribution in [0.5, 0.6) is 0 Å². The number of hydrogen-bond donors (Lipinski definition) is 2. The Hall–Kier alpha value is -2.57. The molecule has 0 bridgehead atoms. The third-order valence-electron chi connectivity index (χ3n) is 5.75. The summed E-state index contributed by atoms with van der Waals surface area (Å²) in [6.45, 7) is 6.95. The van der Waals surface area contributed by atoms with Gasteiger partial charge in [-0.25, -0.2) is 8.78 Å². The summed E-state index contributed by atoms with van der Waals surface area (Å²) >= 11 is 0. The summed E-state index contributed by atoms with van der Waals surface area (Å²) < 4.78 is 27.6. The molecule has 0 saturated heterocycles. The Labute approximate surface area is 169 Å². The first-order valence-corrected chi connectivity index (χ1v) is 9.98. The predicted octanol–water partition coefficient (Wildman–Crippen LogP) is 3.75. The first-order chi connectivity index (χ1) is 13.7. The van der Waals surface area contributed by atoms with Crippen molar-refractivity contribution in [1.29, 1.82) is 0 Å². The highest BCUT2D eigenvalue weighted by Gasteiger charge is 2.31. The largest absolute Gasteiger partial charge is 0.349 e. The minimum Gasteiger partial charge on any atom is -0.349 e. The number of rotatable bonds is 3. The maximum atomic E-state index is 13.8. The van der Waals surface area contributed by atoms with Crippen LogP contribution < -0.4 is 10.6 Å². The van der Waals surface area contributed by atoms with Gasteiger partial charge in [0.2, 0.25) is 0 Å². The Morgan fingerprint density at radius 2 is 1.66 bits per heavy atom. The molecule has 0 unspecified atom stereocenters. The van der Waals surface area contributed by atoms with Crippen molar-refractivity contribution < 1.29 is 18.4 Å². The summed E-state index contributed by atoms with van der Waals surface area (Å²) in [5.74, 6) is -2.55. The van der Waals surface area contributed by atoms with Gasteiger partial charge in [0.15, 0.2) is 0 Å². The maximum absolute atomic E-state index is 13.8. The number of hydrogen-bond acceptors (Lipinski definition) is 3. The fourth-order valence-corrected chi connectivity index (χ4v) is 3.97. The zero-order valence-corrected chi connectivity index (χ0v) is 17.0. The van der Waals surface area contributed by atoms with Gasteiger partial charge in [-0.05, 0) is 55.2 Å². The van der Waals surface area contributed by atoms with Crippen molar-refractivity contribution in [1.82, 2.24) is 10.6 Å². The first kappa shape index (κ1) is 21.1. The second kappa shape index (κ2) is 8.43. The van der Waals surface area contributed by atoms with Crippen molar-refractivity contribution >= 4 is 17.6 Å². The minimum atomic E-state index is -0.967. The standard InChI is InChI=1S/C22H27F2N3O2/c1-22(2,3)13-7-9-14(10-8-13)26-20(28)15-11-12-25-19(15)27-21(29)18-16(23)5-4-6-17(18)24/h4-6,11,13-14H,7-10,12H2,1-3H3,(H,26,28)(H,25,27,29). The van der Waals surface area contributed by atoms with E-state index in [4.69, 9.17) is 0 Å². The Kier molecular flexibility index (Phi) is 6.15. The zero-order valence-electron chi connectivity index (χ0n) is 17.0.